The maximum Gasteiger partial charge on any atom is 0.501 e. The molecule has 0 amide bonds. The van der Waals surface area contributed by atoms with E-state index in [1.54, 1.807) is 28.4 Å². The second-order valence-corrected chi connectivity index (χ2v) is 6.05. The highest BCUT2D eigenvalue weighted by Gasteiger charge is 2.37. The van der Waals surface area contributed by atoms with Gasteiger partial charge in [0.25, 0.3) is 0 Å². The Hall–Kier alpha value is -0.213. The molecule has 0 saturated heterocycles. The van der Waals surface area contributed by atoms with Crippen molar-refractivity contribution in [3.05, 3.63) is 0 Å². The van der Waals surface area contributed by atoms with Gasteiger partial charge in [0.05, 0.1) is 0 Å². The molecular formula is C7H18N2O3SSi. The third kappa shape index (κ3) is 4.34. The predicted octanol–water partition coefficient (Wildman–Crippen LogP) is -0.0416. The van der Waals surface area contributed by atoms with Crippen LogP contribution in [0.25, 0.3) is 0 Å². The lowest BCUT2D eigenvalue weighted by Gasteiger charge is -2.24. The minimum absolute atomic E-state index is 0.608. The van der Waals surface area contributed by atoms with Crippen LogP contribution >= 0.6 is 12.2 Å². The van der Waals surface area contributed by atoms with Crippen molar-refractivity contribution in [1.82, 2.24) is 10.6 Å². The highest BCUT2D eigenvalue weighted by Crippen LogP contribution is 2.10. The van der Waals surface area contributed by atoms with Crippen LogP contribution < -0.4 is 10.6 Å². The summed E-state index contributed by atoms with van der Waals surface area (Å²) in [6, 6.07) is 0.679. The van der Waals surface area contributed by atoms with Crippen molar-refractivity contribution in [2.45, 2.75) is 6.04 Å². The maximum absolute atomic E-state index is 5.24. The summed E-state index contributed by atoms with van der Waals surface area (Å²) in [5.41, 5.74) is 0. The van der Waals surface area contributed by atoms with Crippen molar-refractivity contribution in [3.63, 3.8) is 0 Å². The summed E-state index contributed by atoms with van der Waals surface area (Å²) in [6.07, 6.45) is 0. The van der Waals surface area contributed by atoms with Gasteiger partial charge in [-0.25, -0.2) is 0 Å². The SMILES string of the molecule is CNC(=S)NCC[Si](OC)(OC)OC. The van der Waals surface area contributed by atoms with E-state index in [4.69, 9.17) is 25.5 Å². The molecular weight excluding hydrogens is 220 g/mol. The number of hydrogen-bond acceptors (Lipinski definition) is 4. The first-order chi connectivity index (χ1) is 6.64. The van der Waals surface area contributed by atoms with E-state index in [9.17, 15) is 0 Å². The molecule has 14 heavy (non-hydrogen) atoms. The first-order valence-electron chi connectivity index (χ1n) is 4.25. The van der Waals surface area contributed by atoms with Gasteiger partial charge in [-0.15, -0.1) is 0 Å². The minimum atomic E-state index is -2.45. The number of nitrogens with one attached hydrogen (secondary N) is 2. The Balaban J connectivity index is 3.88. The molecule has 0 atom stereocenters. The molecule has 0 saturated carbocycles. The van der Waals surface area contributed by atoms with Gasteiger partial charge < -0.3 is 23.9 Å². The van der Waals surface area contributed by atoms with E-state index in [2.05, 4.69) is 10.6 Å². The van der Waals surface area contributed by atoms with Gasteiger partial charge in [-0.05, 0) is 12.2 Å². The van der Waals surface area contributed by atoms with E-state index in [1.807, 2.05) is 0 Å². The van der Waals surface area contributed by atoms with E-state index in [-0.39, 0.29) is 0 Å². The highest BCUT2D eigenvalue weighted by molar-refractivity contribution is 7.80. The van der Waals surface area contributed by atoms with Gasteiger partial charge in [0, 0.05) is 41.0 Å². The van der Waals surface area contributed by atoms with Crippen molar-refractivity contribution < 1.29 is 13.3 Å². The molecule has 0 spiro atoms. The standard InChI is InChI=1S/C7H18N2O3SSi/c1-8-7(13)9-5-6-14(10-2,11-3)12-4/h5-6H2,1-4H3,(H2,8,9,13). The normalized spacial score (nSPS) is 11.1. The number of thiocarbonyl (C=S) groups is 1. The summed E-state index contributed by atoms with van der Waals surface area (Å²) in [5, 5.41) is 6.43. The molecule has 0 unspecified atom stereocenters. The van der Waals surface area contributed by atoms with E-state index in [1.165, 1.54) is 0 Å². The smallest absolute Gasteiger partial charge is 0.377 e. The third-order valence-corrected chi connectivity index (χ3v) is 4.95. The molecule has 0 heterocycles. The Morgan fingerprint density at radius 1 is 1.21 bits per heavy atom. The molecule has 0 aromatic heterocycles. The van der Waals surface area contributed by atoms with Crippen molar-refractivity contribution >= 4 is 26.1 Å². The topological polar surface area (TPSA) is 51.8 Å². The largest absolute Gasteiger partial charge is 0.501 e. The molecule has 0 aromatic carbocycles. The van der Waals surface area contributed by atoms with E-state index >= 15 is 0 Å². The van der Waals surface area contributed by atoms with Gasteiger partial charge in [-0.3, -0.25) is 0 Å². The van der Waals surface area contributed by atoms with Gasteiger partial charge >= 0.3 is 8.80 Å². The van der Waals surface area contributed by atoms with Crippen LogP contribution in [-0.4, -0.2) is 48.8 Å². The fourth-order valence-corrected chi connectivity index (χ4v) is 2.62. The Labute approximate surface area is 91.5 Å². The summed E-state index contributed by atoms with van der Waals surface area (Å²) >= 11 is 4.92. The third-order valence-electron chi connectivity index (χ3n) is 1.88. The average Bonchev–Trinajstić information content (AvgIpc) is 2.25. The maximum atomic E-state index is 5.24. The van der Waals surface area contributed by atoms with Gasteiger partial charge in [0.2, 0.25) is 0 Å². The van der Waals surface area contributed by atoms with Crippen LogP contribution in [0.5, 0.6) is 0 Å². The average molecular weight is 238 g/mol. The predicted molar refractivity (Wildman–Crippen MR) is 61.2 cm³/mol. The Kier molecular flexibility index (Phi) is 7.02. The van der Waals surface area contributed by atoms with Crippen LogP contribution in [0.1, 0.15) is 0 Å². The zero-order valence-corrected chi connectivity index (χ0v) is 10.9. The lowest BCUT2D eigenvalue weighted by atomic mass is 10.7. The van der Waals surface area contributed by atoms with Crippen LogP contribution in [0.15, 0.2) is 0 Å². The summed E-state index contributed by atoms with van der Waals surface area (Å²) < 4.78 is 15.7. The summed E-state index contributed by atoms with van der Waals surface area (Å²) in [5.74, 6) is 0. The molecule has 84 valence electrons. The van der Waals surface area contributed by atoms with Crippen LogP contribution in [0, 0.1) is 0 Å². The van der Waals surface area contributed by atoms with Crippen LogP contribution in [-0.2, 0) is 13.3 Å². The molecule has 2 N–H and O–H groups in total. The lowest BCUT2D eigenvalue weighted by molar-refractivity contribution is 0.124. The Morgan fingerprint density at radius 2 is 1.71 bits per heavy atom. The molecule has 0 aliphatic heterocycles. The molecule has 0 aliphatic carbocycles. The Bertz CT molecular complexity index is 170. The van der Waals surface area contributed by atoms with E-state index in [0.29, 0.717) is 17.7 Å². The summed E-state index contributed by atoms with van der Waals surface area (Å²) in [6.45, 7) is 0.668. The van der Waals surface area contributed by atoms with Crippen molar-refractivity contribution in [1.29, 1.82) is 0 Å². The van der Waals surface area contributed by atoms with Crippen molar-refractivity contribution in [2.24, 2.45) is 0 Å². The zero-order chi connectivity index (χ0) is 11.0. The summed E-state index contributed by atoms with van der Waals surface area (Å²) in [4.78, 5) is 0. The van der Waals surface area contributed by atoms with Gasteiger partial charge in [0.1, 0.15) is 0 Å². The molecule has 0 radical (unpaired) electrons. The summed E-state index contributed by atoms with van der Waals surface area (Å²) in [7, 11) is 4.10. The zero-order valence-electron chi connectivity index (χ0n) is 9.05. The molecule has 0 fully saturated rings. The first-order valence-corrected chi connectivity index (χ1v) is 6.59. The van der Waals surface area contributed by atoms with Crippen LogP contribution in [0.3, 0.4) is 0 Å². The van der Waals surface area contributed by atoms with Crippen molar-refractivity contribution in [2.75, 3.05) is 34.9 Å². The monoisotopic (exact) mass is 238 g/mol. The fourth-order valence-electron chi connectivity index (χ4n) is 0.974. The molecule has 7 heteroatoms. The van der Waals surface area contributed by atoms with E-state index < -0.39 is 8.80 Å². The highest BCUT2D eigenvalue weighted by atomic mass is 32.1. The number of rotatable bonds is 6. The minimum Gasteiger partial charge on any atom is -0.377 e. The number of hydrogen-bond donors (Lipinski definition) is 2. The first kappa shape index (κ1) is 13.8. The second-order valence-electron chi connectivity index (χ2n) is 2.55. The Morgan fingerprint density at radius 3 is 2.07 bits per heavy atom. The molecule has 0 bridgehead atoms. The van der Waals surface area contributed by atoms with Crippen LogP contribution in [0.4, 0.5) is 0 Å². The fraction of sp³-hybridized carbons (Fsp3) is 0.857. The lowest BCUT2D eigenvalue weighted by Crippen LogP contribution is -2.46. The quantitative estimate of drug-likeness (QED) is 0.500. The molecule has 0 aromatic rings. The van der Waals surface area contributed by atoms with Gasteiger partial charge in [-0.1, -0.05) is 0 Å². The van der Waals surface area contributed by atoms with E-state index in [0.717, 1.165) is 0 Å². The molecule has 5 nitrogen and oxygen atoms in total. The molecule has 0 aliphatic rings. The van der Waals surface area contributed by atoms with Crippen molar-refractivity contribution in [3.8, 4) is 0 Å². The van der Waals surface area contributed by atoms with Gasteiger partial charge in [-0.2, -0.15) is 0 Å². The van der Waals surface area contributed by atoms with Gasteiger partial charge in [0.15, 0.2) is 5.11 Å². The molecule has 0 rings (SSSR count). The van der Waals surface area contributed by atoms with Crippen LogP contribution in [0.2, 0.25) is 6.04 Å². The second kappa shape index (κ2) is 7.13.